The average Bonchev–Trinajstić information content (AvgIpc) is 2.90. The van der Waals surface area contributed by atoms with Gasteiger partial charge in [-0.2, -0.15) is 0 Å². The molecule has 0 aromatic carbocycles. The molecular weight excluding hydrogens is 176 g/mol. The zero-order valence-corrected chi connectivity index (χ0v) is 7.85. The van der Waals surface area contributed by atoms with Crippen LogP contribution in [-0.2, 0) is 6.42 Å². The molecule has 4 heteroatoms. The van der Waals surface area contributed by atoms with Gasteiger partial charge in [-0.05, 0) is 30.9 Å². The Kier molecular flexibility index (Phi) is 1.50. The lowest BCUT2D eigenvalue weighted by Gasteiger charge is -1.98. The van der Waals surface area contributed by atoms with Crippen LogP contribution in [0.1, 0.15) is 18.7 Å². The van der Waals surface area contributed by atoms with E-state index < -0.39 is 0 Å². The minimum absolute atomic E-state index is 0.759. The van der Waals surface area contributed by atoms with E-state index in [1.807, 2.05) is 22.7 Å². The normalized spacial score (nSPS) is 16.3. The van der Waals surface area contributed by atoms with E-state index >= 15 is 0 Å². The van der Waals surface area contributed by atoms with Crippen molar-refractivity contribution >= 4 is 11.3 Å². The molecule has 0 atom stereocenters. The molecule has 3 rings (SSSR count). The summed E-state index contributed by atoms with van der Waals surface area (Å²) < 4.78 is 1.99. The molecule has 0 spiro atoms. The van der Waals surface area contributed by atoms with Gasteiger partial charge in [0.2, 0.25) is 0 Å². The maximum atomic E-state index is 5.72. The summed E-state index contributed by atoms with van der Waals surface area (Å²) in [7, 11) is 0. The molecule has 2 aromatic rings. The molecule has 1 saturated carbocycles. The second-order valence-corrected chi connectivity index (χ2v) is 3.95. The number of nitrogens with two attached hydrogens (primary N) is 1. The zero-order chi connectivity index (χ0) is 9.54. The van der Waals surface area contributed by atoms with Crippen LogP contribution in [0.2, 0.25) is 0 Å². The number of fused-ring (bicyclic) bond motifs is 1. The number of pyridine rings is 1. The Morgan fingerprint density at radius 1 is 1.36 bits per heavy atom. The summed E-state index contributed by atoms with van der Waals surface area (Å²) in [4.78, 5) is 0. The summed E-state index contributed by atoms with van der Waals surface area (Å²) in [6.07, 6.45) is 5.59. The van der Waals surface area contributed by atoms with Gasteiger partial charge in [0.15, 0.2) is 5.65 Å². The highest BCUT2D eigenvalue weighted by atomic mass is 15.2. The van der Waals surface area contributed by atoms with Gasteiger partial charge in [-0.15, -0.1) is 10.2 Å². The Morgan fingerprint density at radius 2 is 2.21 bits per heavy atom. The van der Waals surface area contributed by atoms with E-state index in [4.69, 9.17) is 5.73 Å². The Hall–Kier alpha value is -1.58. The molecule has 2 aromatic heterocycles. The van der Waals surface area contributed by atoms with Crippen molar-refractivity contribution in [2.45, 2.75) is 19.3 Å². The molecule has 14 heavy (non-hydrogen) atoms. The molecule has 2 N–H and O–H groups in total. The first kappa shape index (κ1) is 7.79. The van der Waals surface area contributed by atoms with Gasteiger partial charge in [-0.25, -0.2) is 0 Å². The first-order chi connectivity index (χ1) is 6.83. The standard InChI is InChI=1S/C10H12N4/c11-8-3-4-9-12-13-10(14(9)6-8)5-7-1-2-7/h3-4,6-7H,1-2,5,11H2. The number of rotatable bonds is 2. The van der Waals surface area contributed by atoms with Crippen molar-refractivity contribution < 1.29 is 0 Å². The van der Waals surface area contributed by atoms with Crippen molar-refractivity contribution in [1.82, 2.24) is 14.6 Å². The van der Waals surface area contributed by atoms with Crippen LogP contribution in [0.5, 0.6) is 0 Å². The van der Waals surface area contributed by atoms with E-state index in [0.29, 0.717) is 0 Å². The number of hydrogen-bond donors (Lipinski definition) is 1. The fourth-order valence-corrected chi connectivity index (χ4v) is 1.67. The second kappa shape index (κ2) is 2.70. The Bertz CT molecular complexity index is 470. The fraction of sp³-hybridized carbons (Fsp3) is 0.400. The molecule has 0 aliphatic heterocycles. The van der Waals surface area contributed by atoms with E-state index in [0.717, 1.165) is 29.5 Å². The molecule has 0 saturated heterocycles. The quantitative estimate of drug-likeness (QED) is 0.772. The summed E-state index contributed by atoms with van der Waals surface area (Å²) in [6.45, 7) is 0. The summed E-state index contributed by atoms with van der Waals surface area (Å²) in [5.74, 6) is 1.86. The number of aromatic nitrogens is 3. The van der Waals surface area contributed by atoms with Gasteiger partial charge in [-0.3, -0.25) is 4.40 Å². The molecule has 4 nitrogen and oxygen atoms in total. The van der Waals surface area contributed by atoms with Crippen molar-refractivity contribution in [3.63, 3.8) is 0 Å². The average molecular weight is 188 g/mol. The van der Waals surface area contributed by atoms with Crippen LogP contribution in [-0.4, -0.2) is 14.6 Å². The molecule has 72 valence electrons. The van der Waals surface area contributed by atoms with Crippen LogP contribution >= 0.6 is 0 Å². The van der Waals surface area contributed by atoms with Crippen LogP contribution in [0.4, 0.5) is 5.69 Å². The van der Waals surface area contributed by atoms with Crippen LogP contribution in [0.15, 0.2) is 18.3 Å². The molecule has 1 aliphatic rings. The minimum atomic E-state index is 0.759. The smallest absolute Gasteiger partial charge is 0.160 e. The van der Waals surface area contributed by atoms with Gasteiger partial charge in [-0.1, -0.05) is 0 Å². The Balaban J connectivity index is 2.08. The molecular formula is C10H12N4. The fourth-order valence-electron chi connectivity index (χ4n) is 1.67. The monoisotopic (exact) mass is 188 g/mol. The second-order valence-electron chi connectivity index (χ2n) is 3.95. The van der Waals surface area contributed by atoms with E-state index in [1.54, 1.807) is 0 Å². The highest BCUT2D eigenvalue weighted by Gasteiger charge is 2.23. The largest absolute Gasteiger partial charge is 0.398 e. The maximum absolute atomic E-state index is 5.72. The third-order valence-corrected chi connectivity index (χ3v) is 2.66. The predicted molar refractivity (Wildman–Crippen MR) is 53.8 cm³/mol. The van der Waals surface area contributed by atoms with Gasteiger partial charge in [0, 0.05) is 18.3 Å². The summed E-state index contributed by atoms with van der Waals surface area (Å²) >= 11 is 0. The first-order valence-electron chi connectivity index (χ1n) is 4.92. The molecule has 1 aliphatic carbocycles. The minimum Gasteiger partial charge on any atom is -0.398 e. The zero-order valence-electron chi connectivity index (χ0n) is 7.85. The lowest BCUT2D eigenvalue weighted by Crippen LogP contribution is -1.97. The van der Waals surface area contributed by atoms with E-state index in [-0.39, 0.29) is 0 Å². The SMILES string of the molecule is Nc1ccc2nnc(CC3CC3)n2c1. The highest BCUT2D eigenvalue weighted by Crippen LogP contribution is 2.32. The van der Waals surface area contributed by atoms with Crippen LogP contribution in [0.3, 0.4) is 0 Å². The summed E-state index contributed by atoms with van der Waals surface area (Å²) in [6, 6.07) is 3.75. The summed E-state index contributed by atoms with van der Waals surface area (Å²) in [5.41, 5.74) is 7.36. The first-order valence-corrected chi connectivity index (χ1v) is 4.92. The molecule has 0 unspecified atom stereocenters. The highest BCUT2D eigenvalue weighted by molar-refractivity contribution is 5.47. The van der Waals surface area contributed by atoms with Crippen molar-refractivity contribution in [3.8, 4) is 0 Å². The van der Waals surface area contributed by atoms with Gasteiger partial charge in [0.25, 0.3) is 0 Å². The van der Waals surface area contributed by atoms with Gasteiger partial charge < -0.3 is 5.73 Å². The lowest BCUT2D eigenvalue weighted by molar-refractivity contribution is 0.758. The van der Waals surface area contributed by atoms with Crippen molar-refractivity contribution in [2.24, 2.45) is 5.92 Å². The molecule has 2 heterocycles. The van der Waals surface area contributed by atoms with Gasteiger partial charge in [0.05, 0.1) is 0 Å². The van der Waals surface area contributed by atoms with Crippen molar-refractivity contribution in [1.29, 1.82) is 0 Å². The Labute approximate surface area is 81.8 Å². The number of hydrogen-bond acceptors (Lipinski definition) is 3. The van der Waals surface area contributed by atoms with Crippen molar-refractivity contribution in [3.05, 3.63) is 24.2 Å². The lowest BCUT2D eigenvalue weighted by atomic mass is 10.3. The third-order valence-electron chi connectivity index (χ3n) is 2.66. The molecule has 1 fully saturated rings. The van der Waals surface area contributed by atoms with Crippen LogP contribution in [0.25, 0.3) is 5.65 Å². The summed E-state index contributed by atoms with van der Waals surface area (Å²) in [5, 5.41) is 8.27. The third kappa shape index (κ3) is 1.23. The van der Waals surface area contributed by atoms with Gasteiger partial charge in [0.1, 0.15) is 5.82 Å². The van der Waals surface area contributed by atoms with Crippen LogP contribution in [0, 0.1) is 5.92 Å². The maximum Gasteiger partial charge on any atom is 0.160 e. The molecule has 0 amide bonds. The van der Waals surface area contributed by atoms with E-state index in [9.17, 15) is 0 Å². The van der Waals surface area contributed by atoms with Crippen molar-refractivity contribution in [2.75, 3.05) is 5.73 Å². The van der Waals surface area contributed by atoms with Crippen LogP contribution < -0.4 is 5.73 Å². The van der Waals surface area contributed by atoms with E-state index in [2.05, 4.69) is 10.2 Å². The topological polar surface area (TPSA) is 56.2 Å². The molecule has 0 radical (unpaired) electrons. The van der Waals surface area contributed by atoms with Gasteiger partial charge >= 0.3 is 0 Å². The number of nitrogen functional groups attached to an aromatic ring is 1. The Morgan fingerprint density at radius 3 is 3.00 bits per heavy atom. The van der Waals surface area contributed by atoms with E-state index in [1.165, 1.54) is 12.8 Å². The number of nitrogens with zero attached hydrogens (tertiary/aromatic N) is 3. The number of anilines is 1. The molecule has 0 bridgehead atoms. The predicted octanol–water partition coefficient (Wildman–Crippen LogP) is 1.26.